The molecule has 0 saturated heterocycles. The highest BCUT2D eigenvalue weighted by Gasteiger charge is 2.57. The van der Waals surface area contributed by atoms with E-state index in [2.05, 4.69) is 10.1 Å². The number of aliphatic hydroxyl groups is 1. The van der Waals surface area contributed by atoms with E-state index in [4.69, 9.17) is 11.6 Å². The Hall–Kier alpha value is -3.36. The Labute approximate surface area is 183 Å². The molecule has 0 bridgehead atoms. The molecule has 1 unspecified atom stereocenters. The van der Waals surface area contributed by atoms with Crippen LogP contribution in [0.2, 0.25) is 5.02 Å². The average Bonchev–Trinajstić information content (AvgIpc) is 3.36. The first-order chi connectivity index (χ1) is 15.2. The van der Waals surface area contributed by atoms with Gasteiger partial charge in [-0.25, -0.2) is 9.07 Å². The summed E-state index contributed by atoms with van der Waals surface area (Å²) >= 11 is 5.94. The molecule has 162 valence electrons. The van der Waals surface area contributed by atoms with Gasteiger partial charge in [-0.2, -0.15) is 18.3 Å². The van der Waals surface area contributed by atoms with Crippen molar-refractivity contribution in [2.75, 3.05) is 0 Å². The van der Waals surface area contributed by atoms with Gasteiger partial charge in [-0.1, -0.05) is 23.7 Å². The maximum absolute atomic E-state index is 14.3. The lowest BCUT2D eigenvalue weighted by atomic mass is 9.85. The van der Waals surface area contributed by atoms with Crippen molar-refractivity contribution >= 4 is 33.4 Å². The molecule has 0 aliphatic carbocycles. The highest BCUT2D eigenvalue weighted by molar-refractivity contribution is 6.31. The fourth-order valence-corrected chi connectivity index (χ4v) is 4.09. The van der Waals surface area contributed by atoms with Gasteiger partial charge in [0.2, 0.25) is 5.60 Å². The zero-order chi connectivity index (χ0) is 22.7. The van der Waals surface area contributed by atoms with E-state index in [0.717, 1.165) is 6.20 Å². The Balaban J connectivity index is 1.69. The van der Waals surface area contributed by atoms with Crippen LogP contribution in [0.4, 0.5) is 17.6 Å². The van der Waals surface area contributed by atoms with Crippen LogP contribution >= 0.6 is 11.6 Å². The summed E-state index contributed by atoms with van der Waals surface area (Å²) in [4.78, 5) is 2.75. The second-order valence-corrected chi connectivity index (χ2v) is 7.84. The molecule has 0 fully saturated rings. The highest BCUT2D eigenvalue weighted by atomic mass is 35.5. The second-order valence-electron chi connectivity index (χ2n) is 7.41. The van der Waals surface area contributed by atoms with Crippen LogP contribution in [0.5, 0.6) is 0 Å². The molecule has 2 heterocycles. The maximum atomic E-state index is 14.3. The van der Waals surface area contributed by atoms with Gasteiger partial charge in [0, 0.05) is 33.1 Å². The summed E-state index contributed by atoms with van der Waals surface area (Å²) in [6.07, 6.45) is -2.48. The zero-order valence-electron chi connectivity index (χ0n) is 16.2. The number of nitrogens with one attached hydrogen (secondary N) is 1. The molecule has 9 heteroatoms. The molecule has 0 saturated carbocycles. The monoisotopic (exact) mass is 459 g/mol. The van der Waals surface area contributed by atoms with E-state index in [0.29, 0.717) is 27.1 Å². The largest absolute Gasteiger partial charge is 0.425 e. The van der Waals surface area contributed by atoms with Crippen molar-refractivity contribution in [2.45, 2.75) is 11.8 Å². The van der Waals surface area contributed by atoms with Gasteiger partial charge >= 0.3 is 6.18 Å². The molecule has 2 N–H and O–H groups in total. The molecular weight excluding hydrogens is 446 g/mol. The molecule has 2 aromatic heterocycles. The quantitative estimate of drug-likeness (QED) is 0.320. The van der Waals surface area contributed by atoms with Crippen molar-refractivity contribution in [1.82, 2.24) is 14.8 Å². The first kappa shape index (κ1) is 20.5. The molecule has 32 heavy (non-hydrogen) atoms. The van der Waals surface area contributed by atoms with Crippen LogP contribution in [0.15, 0.2) is 73.1 Å². The summed E-state index contributed by atoms with van der Waals surface area (Å²) in [7, 11) is 0. The lowest BCUT2D eigenvalue weighted by Gasteiger charge is -2.31. The number of nitrogens with zero attached hydrogens (tertiary/aromatic N) is 2. The topological polar surface area (TPSA) is 53.8 Å². The van der Waals surface area contributed by atoms with Crippen LogP contribution in [0.1, 0.15) is 11.1 Å². The molecule has 0 spiro atoms. The second kappa shape index (κ2) is 7.08. The molecule has 4 nitrogen and oxygen atoms in total. The number of fused-ring (bicyclic) bond motifs is 2. The average molecular weight is 460 g/mol. The summed E-state index contributed by atoms with van der Waals surface area (Å²) in [5.74, 6) is -0.414. The van der Waals surface area contributed by atoms with E-state index in [-0.39, 0.29) is 16.5 Å². The van der Waals surface area contributed by atoms with Crippen LogP contribution in [0.25, 0.3) is 27.5 Å². The third-order valence-corrected chi connectivity index (χ3v) is 5.74. The van der Waals surface area contributed by atoms with Crippen LogP contribution < -0.4 is 0 Å². The number of aromatic nitrogens is 3. The van der Waals surface area contributed by atoms with E-state index < -0.39 is 17.6 Å². The minimum absolute atomic E-state index is 0.205. The number of hydrogen-bond donors (Lipinski definition) is 2. The number of rotatable bonds is 3. The Morgan fingerprint density at radius 1 is 0.969 bits per heavy atom. The van der Waals surface area contributed by atoms with E-state index in [1.807, 2.05) is 0 Å². The van der Waals surface area contributed by atoms with Gasteiger partial charge in [-0.15, -0.1) is 0 Å². The number of alkyl halides is 3. The molecule has 1 atom stereocenters. The van der Waals surface area contributed by atoms with Gasteiger partial charge < -0.3 is 10.1 Å². The van der Waals surface area contributed by atoms with Crippen molar-refractivity contribution in [3.8, 4) is 5.69 Å². The van der Waals surface area contributed by atoms with Gasteiger partial charge in [0.25, 0.3) is 0 Å². The fourth-order valence-electron chi connectivity index (χ4n) is 3.92. The highest BCUT2D eigenvalue weighted by Crippen LogP contribution is 2.47. The van der Waals surface area contributed by atoms with E-state index in [9.17, 15) is 22.7 Å². The van der Waals surface area contributed by atoms with Crippen molar-refractivity contribution in [3.63, 3.8) is 0 Å². The van der Waals surface area contributed by atoms with Crippen LogP contribution in [-0.4, -0.2) is 26.0 Å². The Morgan fingerprint density at radius 3 is 2.44 bits per heavy atom. The van der Waals surface area contributed by atoms with Crippen LogP contribution in [-0.2, 0) is 5.60 Å². The standard InChI is InChI=1S/C23H14ClF4N3O/c24-15-2-7-18-19(12-29-20(18)10-15)22(32,23(26,27)28)14-1-8-21-13(9-14)11-30-31(21)17-5-3-16(25)4-6-17/h1-12,29,32H. The normalized spacial score (nSPS) is 14.2. The Bertz CT molecular complexity index is 1460. The molecule has 5 aromatic rings. The molecule has 5 rings (SSSR count). The Kier molecular flexibility index (Phi) is 4.54. The predicted molar refractivity (Wildman–Crippen MR) is 113 cm³/mol. The third-order valence-electron chi connectivity index (χ3n) is 5.50. The number of H-pyrrole nitrogens is 1. The molecule has 0 amide bonds. The molecule has 0 aliphatic rings. The third kappa shape index (κ3) is 3.06. The van der Waals surface area contributed by atoms with E-state index in [1.54, 1.807) is 0 Å². The van der Waals surface area contributed by atoms with Gasteiger partial charge in [-0.05, 0) is 54.1 Å². The lowest BCUT2D eigenvalue weighted by Crippen LogP contribution is -2.43. The van der Waals surface area contributed by atoms with E-state index in [1.165, 1.54) is 71.5 Å². The summed E-state index contributed by atoms with van der Waals surface area (Å²) < 4.78 is 57.7. The fraction of sp³-hybridized carbons (Fsp3) is 0.0870. The van der Waals surface area contributed by atoms with Crippen molar-refractivity contribution in [3.05, 3.63) is 95.0 Å². The van der Waals surface area contributed by atoms with Gasteiger partial charge in [0.05, 0.1) is 17.4 Å². The van der Waals surface area contributed by atoms with Crippen LogP contribution in [0, 0.1) is 5.82 Å². The lowest BCUT2D eigenvalue weighted by molar-refractivity contribution is -0.247. The van der Waals surface area contributed by atoms with E-state index >= 15 is 0 Å². The molecular formula is C23H14ClF4N3O. The Morgan fingerprint density at radius 2 is 1.72 bits per heavy atom. The van der Waals surface area contributed by atoms with Gasteiger partial charge in [-0.3, -0.25) is 0 Å². The van der Waals surface area contributed by atoms with Crippen molar-refractivity contribution in [2.24, 2.45) is 0 Å². The molecule has 0 aliphatic heterocycles. The summed E-state index contributed by atoms with van der Waals surface area (Å²) in [5.41, 5.74) is -2.52. The molecule has 0 radical (unpaired) electrons. The minimum Gasteiger partial charge on any atom is -0.372 e. The van der Waals surface area contributed by atoms with Gasteiger partial charge in [0.1, 0.15) is 5.82 Å². The number of aromatic amines is 1. The summed E-state index contributed by atoms with van der Waals surface area (Å²) in [6, 6.07) is 13.9. The van der Waals surface area contributed by atoms with Crippen molar-refractivity contribution < 1.29 is 22.7 Å². The SMILES string of the molecule is OC(c1ccc2c(cnn2-c2ccc(F)cc2)c1)(c1c[nH]c2cc(Cl)ccc12)C(F)(F)F. The maximum Gasteiger partial charge on any atom is 0.425 e. The summed E-state index contributed by atoms with van der Waals surface area (Å²) in [6.45, 7) is 0. The number of hydrogen-bond acceptors (Lipinski definition) is 2. The predicted octanol–water partition coefficient (Wildman–Crippen LogP) is 6.10. The zero-order valence-corrected chi connectivity index (χ0v) is 16.9. The first-order valence-corrected chi connectivity index (χ1v) is 9.87. The summed E-state index contributed by atoms with van der Waals surface area (Å²) in [5, 5.41) is 16.3. The number of benzene rings is 3. The van der Waals surface area contributed by atoms with Gasteiger partial charge in [0.15, 0.2) is 0 Å². The van der Waals surface area contributed by atoms with Crippen molar-refractivity contribution in [1.29, 1.82) is 0 Å². The molecule has 3 aromatic carbocycles. The smallest absolute Gasteiger partial charge is 0.372 e. The van der Waals surface area contributed by atoms with Crippen LogP contribution in [0.3, 0.4) is 0 Å². The first-order valence-electron chi connectivity index (χ1n) is 9.49. The number of halogens is 5. The minimum atomic E-state index is -5.01.